The summed E-state index contributed by atoms with van der Waals surface area (Å²) in [7, 11) is 3.03. The number of nitrogens with zero attached hydrogens (tertiary/aromatic N) is 6. The standard InChI is InChI=1S/C12H14N6O3S/c1-4-21-11-15-14-7(22-11)5-18-6-13-9-8(18)10(19)17(3)12(20)16(9)2/h6H,4-5H2,1-3H3. The summed E-state index contributed by atoms with van der Waals surface area (Å²) in [4.78, 5) is 28.4. The van der Waals surface area contributed by atoms with E-state index in [9.17, 15) is 9.59 Å². The van der Waals surface area contributed by atoms with Crippen molar-refractivity contribution < 1.29 is 4.74 Å². The number of imidazole rings is 1. The van der Waals surface area contributed by atoms with Gasteiger partial charge >= 0.3 is 5.69 Å². The van der Waals surface area contributed by atoms with E-state index in [0.29, 0.717) is 34.5 Å². The quantitative estimate of drug-likeness (QED) is 0.656. The molecule has 0 aliphatic rings. The van der Waals surface area contributed by atoms with E-state index in [1.807, 2.05) is 6.92 Å². The molecular formula is C12H14N6O3S. The average molecular weight is 322 g/mol. The molecule has 0 N–H and O–H groups in total. The van der Waals surface area contributed by atoms with Crippen LogP contribution in [0.2, 0.25) is 0 Å². The van der Waals surface area contributed by atoms with Crippen molar-refractivity contribution in [2.45, 2.75) is 13.5 Å². The highest BCUT2D eigenvalue weighted by molar-refractivity contribution is 7.13. The molecule has 0 saturated carbocycles. The molecule has 0 atom stereocenters. The lowest BCUT2D eigenvalue weighted by Crippen LogP contribution is -2.37. The van der Waals surface area contributed by atoms with Crippen molar-refractivity contribution in [2.75, 3.05) is 6.61 Å². The van der Waals surface area contributed by atoms with Crippen molar-refractivity contribution in [1.29, 1.82) is 0 Å². The van der Waals surface area contributed by atoms with Gasteiger partial charge in [0.2, 0.25) is 0 Å². The predicted molar refractivity (Wildman–Crippen MR) is 80.4 cm³/mol. The largest absolute Gasteiger partial charge is 0.469 e. The molecule has 3 aromatic heterocycles. The fourth-order valence-corrected chi connectivity index (χ4v) is 2.89. The maximum atomic E-state index is 12.3. The molecule has 3 aromatic rings. The Morgan fingerprint density at radius 1 is 1.23 bits per heavy atom. The summed E-state index contributed by atoms with van der Waals surface area (Å²) in [6.45, 7) is 2.73. The molecule has 0 radical (unpaired) electrons. The van der Waals surface area contributed by atoms with Gasteiger partial charge in [0.25, 0.3) is 10.8 Å². The van der Waals surface area contributed by atoms with Crippen LogP contribution in [0, 0.1) is 0 Å². The fourth-order valence-electron chi connectivity index (χ4n) is 2.15. The fraction of sp³-hybridized carbons (Fsp3) is 0.417. The molecule has 9 nitrogen and oxygen atoms in total. The van der Waals surface area contributed by atoms with Gasteiger partial charge in [-0.25, -0.2) is 9.78 Å². The van der Waals surface area contributed by atoms with E-state index < -0.39 is 5.69 Å². The maximum absolute atomic E-state index is 12.3. The first kappa shape index (κ1) is 14.4. The molecule has 3 rings (SSSR count). The number of fused-ring (bicyclic) bond motifs is 1. The van der Waals surface area contributed by atoms with Crippen molar-refractivity contribution in [3.8, 4) is 5.19 Å². The molecule has 10 heteroatoms. The van der Waals surface area contributed by atoms with Gasteiger partial charge in [0.1, 0.15) is 5.01 Å². The summed E-state index contributed by atoms with van der Waals surface area (Å²) in [5, 5.41) is 9.12. The van der Waals surface area contributed by atoms with Gasteiger partial charge in [0, 0.05) is 14.1 Å². The summed E-state index contributed by atoms with van der Waals surface area (Å²) in [6.07, 6.45) is 1.52. The van der Waals surface area contributed by atoms with Crippen LogP contribution in [0.5, 0.6) is 5.19 Å². The predicted octanol–water partition coefficient (Wildman–Crippen LogP) is -0.268. The highest BCUT2D eigenvalue weighted by Crippen LogP contribution is 2.19. The van der Waals surface area contributed by atoms with Crippen LogP contribution >= 0.6 is 11.3 Å². The van der Waals surface area contributed by atoms with E-state index in [1.165, 1.54) is 29.3 Å². The number of hydrogen-bond acceptors (Lipinski definition) is 7. The molecule has 0 aromatic carbocycles. The van der Waals surface area contributed by atoms with Gasteiger partial charge in [-0.15, -0.1) is 5.10 Å². The first-order valence-corrected chi connectivity index (χ1v) is 7.40. The Labute approximate surface area is 128 Å². The second-order valence-corrected chi connectivity index (χ2v) is 5.67. The van der Waals surface area contributed by atoms with Crippen LogP contribution in [0.4, 0.5) is 0 Å². The van der Waals surface area contributed by atoms with Gasteiger partial charge in [-0.2, -0.15) is 0 Å². The van der Waals surface area contributed by atoms with Gasteiger partial charge in [-0.1, -0.05) is 16.4 Å². The van der Waals surface area contributed by atoms with Crippen molar-refractivity contribution in [3.05, 3.63) is 32.2 Å². The van der Waals surface area contributed by atoms with Crippen LogP contribution in [0.25, 0.3) is 11.2 Å². The Morgan fingerprint density at radius 2 is 2.00 bits per heavy atom. The molecule has 0 unspecified atom stereocenters. The van der Waals surface area contributed by atoms with Crippen molar-refractivity contribution in [3.63, 3.8) is 0 Å². The molecule has 0 fully saturated rings. The minimum atomic E-state index is -0.405. The molecule has 0 bridgehead atoms. The Bertz CT molecular complexity index is 950. The Kier molecular flexibility index (Phi) is 3.53. The van der Waals surface area contributed by atoms with Crippen LogP contribution in [0.15, 0.2) is 15.9 Å². The SMILES string of the molecule is CCOc1nnc(Cn2cnc3c2c(=O)n(C)c(=O)n3C)s1. The van der Waals surface area contributed by atoms with Crippen molar-refractivity contribution in [1.82, 2.24) is 28.9 Å². The molecular weight excluding hydrogens is 308 g/mol. The highest BCUT2D eigenvalue weighted by atomic mass is 32.1. The number of rotatable bonds is 4. The molecule has 0 saturated heterocycles. The van der Waals surface area contributed by atoms with E-state index in [1.54, 1.807) is 11.6 Å². The molecule has 0 spiro atoms. The number of ether oxygens (including phenoxy) is 1. The van der Waals surface area contributed by atoms with E-state index in [-0.39, 0.29) is 5.56 Å². The summed E-state index contributed by atoms with van der Waals surface area (Å²) >= 11 is 1.31. The lowest BCUT2D eigenvalue weighted by molar-refractivity contribution is 0.335. The van der Waals surface area contributed by atoms with Crippen LogP contribution in [0.3, 0.4) is 0 Å². The van der Waals surface area contributed by atoms with Crippen molar-refractivity contribution >= 4 is 22.5 Å². The zero-order valence-electron chi connectivity index (χ0n) is 12.3. The summed E-state index contributed by atoms with van der Waals surface area (Å²) in [5.41, 5.74) is -0.0807. The third-order valence-corrected chi connectivity index (χ3v) is 4.06. The highest BCUT2D eigenvalue weighted by Gasteiger charge is 2.15. The van der Waals surface area contributed by atoms with Crippen molar-refractivity contribution in [2.24, 2.45) is 14.1 Å². The van der Waals surface area contributed by atoms with E-state index >= 15 is 0 Å². The van der Waals surface area contributed by atoms with Crippen LogP contribution in [-0.4, -0.2) is 35.5 Å². The minimum Gasteiger partial charge on any atom is -0.469 e. The minimum absolute atomic E-state index is 0.342. The normalized spacial score (nSPS) is 11.2. The molecule has 0 aliphatic carbocycles. The van der Waals surface area contributed by atoms with Crippen LogP contribution in [0.1, 0.15) is 11.9 Å². The zero-order valence-corrected chi connectivity index (χ0v) is 13.1. The van der Waals surface area contributed by atoms with Gasteiger partial charge < -0.3 is 9.30 Å². The first-order valence-electron chi connectivity index (χ1n) is 6.59. The van der Waals surface area contributed by atoms with Gasteiger partial charge in [-0.3, -0.25) is 13.9 Å². The smallest absolute Gasteiger partial charge is 0.332 e. The lowest BCUT2D eigenvalue weighted by atomic mass is 10.5. The van der Waals surface area contributed by atoms with Crippen LogP contribution in [-0.2, 0) is 20.6 Å². The van der Waals surface area contributed by atoms with Gasteiger partial charge in [0.15, 0.2) is 11.2 Å². The third-order valence-electron chi connectivity index (χ3n) is 3.24. The lowest BCUT2D eigenvalue weighted by Gasteiger charge is -2.04. The van der Waals surface area contributed by atoms with Gasteiger partial charge in [0.05, 0.1) is 19.5 Å². The number of hydrogen-bond donors (Lipinski definition) is 0. The Morgan fingerprint density at radius 3 is 2.73 bits per heavy atom. The maximum Gasteiger partial charge on any atom is 0.332 e. The first-order chi connectivity index (χ1) is 10.5. The molecule has 0 amide bonds. The second-order valence-electron chi connectivity index (χ2n) is 4.65. The van der Waals surface area contributed by atoms with E-state index in [0.717, 1.165) is 4.57 Å². The Balaban J connectivity index is 2.08. The molecule has 0 aliphatic heterocycles. The molecule has 116 valence electrons. The van der Waals surface area contributed by atoms with Gasteiger partial charge in [-0.05, 0) is 6.92 Å². The number of aryl methyl sites for hydroxylation is 1. The average Bonchev–Trinajstić information content (AvgIpc) is 3.11. The molecule has 3 heterocycles. The third kappa shape index (κ3) is 2.21. The summed E-state index contributed by atoms with van der Waals surface area (Å²) in [5.74, 6) is 0. The van der Waals surface area contributed by atoms with E-state index in [2.05, 4.69) is 15.2 Å². The summed E-state index contributed by atoms with van der Waals surface area (Å²) < 4.78 is 9.35. The summed E-state index contributed by atoms with van der Waals surface area (Å²) in [6, 6.07) is 0. The second kappa shape index (κ2) is 5.37. The Hall–Kier alpha value is -2.49. The van der Waals surface area contributed by atoms with Crippen LogP contribution < -0.4 is 16.0 Å². The zero-order chi connectivity index (χ0) is 15.9. The number of aromatic nitrogens is 6. The van der Waals surface area contributed by atoms with E-state index in [4.69, 9.17) is 4.74 Å². The topological polar surface area (TPSA) is 96.8 Å². The monoisotopic (exact) mass is 322 g/mol. The molecule has 22 heavy (non-hydrogen) atoms.